The normalized spacial score (nSPS) is 20.4. The lowest BCUT2D eigenvalue weighted by molar-refractivity contribution is -0.139. The number of amides is 3. The maximum absolute atomic E-state index is 12.5. The van der Waals surface area contributed by atoms with Crippen LogP contribution in [0.1, 0.15) is 12.8 Å². The summed E-state index contributed by atoms with van der Waals surface area (Å²) in [6.45, 7) is 2.16. The second-order valence-corrected chi connectivity index (χ2v) is 7.92. The van der Waals surface area contributed by atoms with Gasteiger partial charge in [0, 0.05) is 43.8 Å². The van der Waals surface area contributed by atoms with Crippen LogP contribution in [-0.2, 0) is 9.59 Å². The summed E-state index contributed by atoms with van der Waals surface area (Å²) in [5.74, 6) is -0.696. The average molecular weight is 454 g/mol. The van der Waals surface area contributed by atoms with Gasteiger partial charge in [0.25, 0.3) is 0 Å². The molecule has 4 rings (SSSR count). The lowest BCUT2D eigenvalue weighted by atomic mass is 10.1. The third kappa shape index (κ3) is 5.29. The Labute approximate surface area is 190 Å². The fourth-order valence-electron chi connectivity index (χ4n) is 4.07. The topological polar surface area (TPSA) is 166 Å². The summed E-state index contributed by atoms with van der Waals surface area (Å²) in [6, 6.07) is 7.16. The molecule has 12 heteroatoms. The smallest absolute Gasteiger partial charge is 0.324 e. The van der Waals surface area contributed by atoms with Crippen molar-refractivity contribution in [3.8, 4) is 0 Å². The lowest BCUT2D eigenvalue weighted by Crippen LogP contribution is -2.54. The number of nitrogens with one attached hydrogen (secondary N) is 3. The molecular formula is C21H26N8O4. The molecule has 0 aliphatic carbocycles. The van der Waals surface area contributed by atoms with Crippen LogP contribution >= 0.6 is 0 Å². The molecule has 174 valence electrons. The van der Waals surface area contributed by atoms with Gasteiger partial charge in [-0.2, -0.15) is 4.98 Å². The summed E-state index contributed by atoms with van der Waals surface area (Å²) in [4.78, 5) is 47.7. The first-order valence-electron chi connectivity index (χ1n) is 10.7. The summed E-state index contributed by atoms with van der Waals surface area (Å²) < 4.78 is 0. The number of hydrogen-bond donors (Lipinski definition) is 5. The van der Waals surface area contributed by atoms with E-state index >= 15 is 0 Å². The highest BCUT2D eigenvalue weighted by molar-refractivity contribution is 5.99. The van der Waals surface area contributed by atoms with Crippen LogP contribution in [-0.4, -0.2) is 71.2 Å². The van der Waals surface area contributed by atoms with Crippen molar-refractivity contribution in [2.75, 3.05) is 46.6 Å². The first-order valence-corrected chi connectivity index (χ1v) is 10.7. The Balaban J connectivity index is 1.40. The van der Waals surface area contributed by atoms with Gasteiger partial charge in [0.1, 0.15) is 17.9 Å². The Morgan fingerprint density at radius 2 is 2.03 bits per heavy atom. The number of nitrogens with zero attached hydrogens (tertiary/aromatic N) is 4. The Morgan fingerprint density at radius 3 is 2.82 bits per heavy atom. The fraction of sp³-hybridized carbons (Fsp3) is 0.381. The number of piperazine rings is 1. The number of nitrogens with two attached hydrogens (primary N) is 1. The molecule has 2 saturated heterocycles. The van der Waals surface area contributed by atoms with E-state index in [1.807, 2.05) is 11.0 Å². The highest BCUT2D eigenvalue weighted by atomic mass is 16.4. The van der Waals surface area contributed by atoms with Gasteiger partial charge in [0.15, 0.2) is 0 Å². The van der Waals surface area contributed by atoms with Crippen molar-refractivity contribution in [3.63, 3.8) is 0 Å². The van der Waals surface area contributed by atoms with Crippen LogP contribution in [0.2, 0.25) is 0 Å². The standard InChI is InChI=1S/C21H26N8O4/c22-18(30)16-5-2-9-29(16)20-24-7-6-17(26-20)27-21(33)25-13-3-1-4-14(11-13)28-10-8-23-15(12-28)19(31)32/h1,3-4,6-7,11,15-16,23H,2,5,8-10,12H2,(H2,22,30)(H,31,32)(H2,24,25,26,27,33)/t15?,16-/m0/s1. The van der Waals surface area contributed by atoms with Crippen LogP contribution in [0.5, 0.6) is 0 Å². The molecule has 0 bridgehead atoms. The van der Waals surface area contributed by atoms with Gasteiger partial charge < -0.3 is 31.3 Å². The minimum absolute atomic E-state index is 0.287. The number of urea groups is 1. The van der Waals surface area contributed by atoms with E-state index in [1.165, 1.54) is 6.20 Å². The molecule has 12 nitrogen and oxygen atoms in total. The van der Waals surface area contributed by atoms with Crippen molar-refractivity contribution < 1.29 is 19.5 Å². The van der Waals surface area contributed by atoms with Gasteiger partial charge in [-0.3, -0.25) is 14.9 Å². The van der Waals surface area contributed by atoms with Crippen LogP contribution in [0.4, 0.5) is 27.9 Å². The number of rotatable bonds is 6. The Morgan fingerprint density at radius 1 is 1.18 bits per heavy atom. The molecule has 2 aliphatic rings. The molecule has 2 aliphatic heterocycles. The predicted octanol–water partition coefficient (Wildman–Crippen LogP) is 0.438. The van der Waals surface area contributed by atoms with E-state index in [9.17, 15) is 19.5 Å². The molecule has 1 aromatic heterocycles. The molecule has 2 aromatic rings. The number of primary amides is 1. The molecule has 6 N–H and O–H groups in total. The van der Waals surface area contributed by atoms with E-state index in [0.29, 0.717) is 44.2 Å². The number of benzene rings is 1. The van der Waals surface area contributed by atoms with Crippen LogP contribution in [0, 0.1) is 0 Å². The summed E-state index contributed by atoms with van der Waals surface area (Å²) in [5, 5.41) is 17.7. The zero-order valence-electron chi connectivity index (χ0n) is 17.9. The average Bonchev–Trinajstić information content (AvgIpc) is 3.30. The molecule has 2 atom stereocenters. The SMILES string of the molecule is NC(=O)[C@@H]1CCCN1c1nccc(NC(=O)Nc2cccc(N3CCNC(C(=O)O)C3)c2)n1. The van der Waals surface area contributed by atoms with E-state index in [-0.39, 0.29) is 5.82 Å². The van der Waals surface area contributed by atoms with Gasteiger partial charge >= 0.3 is 12.0 Å². The molecular weight excluding hydrogens is 428 g/mol. The maximum atomic E-state index is 12.5. The predicted molar refractivity (Wildman–Crippen MR) is 122 cm³/mol. The third-order valence-corrected chi connectivity index (χ3v) is 5.67. The summed E-state index contributed by atoms with van der Waals surface area (Å²) in [7, 11) is 0. The van der Waals surface area contributed by atoms with Crippen LogP contribution in [0.3, 0.4) is 0 Å². The van der Waals surface area contributed by atoms with E-state index in [4.69, 9.17) is 5.73 Å². The number of carboxylic acids is 1. The molecule has 2 fully saturated rings. The molecule has 0 saturated carbocycles. The number of aliphatic carboxylic acids is 1. The van der Waals surface area contributed by atoms with Crippen molar-refractivity contribution in [3.05, 3.63) is 36.5 Å². The third-order valence-electron chi connectivity index (χ3n) is 5.67. The number of carbonyl (C=O) groups is 3. The zero-order chi connectivity index (χ0) is 23.4. The lowest BCUT2D eigenvalue weighted by Gasteiger charge is -2.33. The highest BCUT2D eigenvalue weighted by Gasteiger charge is 2.31. The molecule has 0 spiro atoms. The van der Waals surface area contributed by atoms with Gasteiger partial charge in [0.05, 0.1) is 0 Å². The molecule has 0 radical (unpaired) electrons. The van der Waals surface area contributed by atoms with Crippen LogP contribution in [0.25, 0.3) is 0 Å². The van der Waals surface area contributed by atoms with E-state index in [0.717, 1.165) is 12.1 Å². The van der Waals surface area contributed by atoms with Crippen molar-refractivity contribution in [2.24, 2.45) is 5.73 Å². The minimum Gasteiger partial charge on any atom is -0.480 e. The van der Waals surface area contributed by atoms with Gasteiger partial charge in [0.2, 0.25) is 11.9 Å². The van der Waals surface area contributed by atoms with E-state index < -0.39 is 30.0 Å². The highest BCUT2D eigenvalue weighted by Crippen LogP contribution is 2.24. The minimum atomic E-state index is -0.895. The first-order chi connectivity index (χ1) is 15.9. The van der Waals surface area contributed by atoms with Gasteiger partial charge in [-0.1, -0.05) is 6.07 Å². The maximum Gasteiger partial charge on any atom is 0.324 e. The first kappa shape index (κ1) is 22.3. The number of anilines is 4. The zero-order valence-corrected chi connectivity index (χ0v) is 17.9. The van der Waals surface area contributed by atoms with E-state index in [2.05, 4.69) is 25.9 Å². The molecule has 33 heavy (non-hydrogen) atoms. The Bertz CT molecular complexity index is 1050. The Hall–Kier alpha value is -3.93. The monoisotopic (exact) mass is 454 g/mol. The Kier molecular flexibility index (Phi) is 6.54. The number of hydrogen-bond acceptors (Lipinski definition) is 8. The number of aromatic nitrogens is 2. The van der Waals surface area contributed by atoms with Crippen molar-refractivity contribution in [1.29, 1.82) is 0 Å². The van der Waals surface area contributed by atoms with Crippen LogP contribution < -0.4 is 31.5 Å². The summed E-state index contributed by atoms with van der Waals surface area (Å²) in [6.07, 6.45) is 2.97. The number of carboxylic acid groups (broad SMARTS) is 1. The van der Waals surface area contributed by atoms with Crippen LogP contribution in [0.15, 0.2) is 36.5 Å². The van der Waals surface area contributed by atoms with E-state index in [1.54, 1.807) is 29.2 Å². The fourth-order valence-corrected chi connectivity index (χ4v) is 4.07. The van der Waals surface area contributed by atoms with Crippen molar-refractivity contribution >= 4 is 41.0 Å². The second kappa shape index (κ2) is 9.69. The molecule has 1 aromatic carbocycles. The quantitative estimate of drug-likeness (QED) is 0.416. The largest absolute Gasteiger partial charge is 0.480 e. The molecule has 3 amide bonds. The summed E-state index contributed by atoms with van der Waals surface area (Å²) in [5.41, 5.74) is 6.84. The van der Waals surface area contributed by atoms with Gasteiger partial charge in [-0.25, -0.2) is 9.78 Å². The molecule has 1 unspecified atom stereocenters. The van der Waals surface area contributed by atoms with Gasteiger partial charge in [-0.15, -0.1) is 0 Å². The van der Waals surface area contributed by atoms with Gasteiger partial charge in [-0.05, 0) is 37.1 Å². The number of carbonyl (C=O) groups excluding carboxylic acids is 2. The molecule has 3 heterocycles. The summed E-state index contributed by atoms with van der Waals surface area (Å²) >= 11 is 0. The van der Waals surface area contributed by atoms with Crippen molar-refractivity contribution in [1.82, 2.24) is 15.3 Å². The van der Waals surface area contributed by atoms with Crippen molar-refractivity contribution in [2.45, 2.75) is 24.9 Å². The second-order valence-electron chi connectivity index (χ2n) is 7.92.